The molecule has 0 unspecified atom stereocenters. The number of benzene rings is 1. The maximum Gasteiger partial charge on any atom is 0.291 e. The third-order valence-corrected chi connectivity index (χ3v) is 3.96. The normalized spacial score (nSPS) is 12.3. The summed E-state index contributed by atoms with van der Waals surface area (Å²) in [4.78, 5) is 36.4. The van der Waals surface area contributed by atoms with Crippen LogP contribution in [0, 0.1) is 5.92 Å². The standard InChI is InChI=1S/C21H24N2O6/c1-13(2)11-17(21(26)27)23-19(24)16(22-20(25)18-5-4-10-29-18)12-14-6-8-15(28-3)9-7-14/h4-10,12-13,17H,11H2,1-3H3,(H,22,25)(H,23,24)(H,26,27)/p-1/b16-12+/t17-/m1/s1. The largest absolute Gasteiger partial charge is 0.548 e. The molecule has 0 radical (unpaired) electrons. The van der Waals surface area contributed by atoms with Gasteiger partial charge in [0.2, 0.25) is 0 Å². The maximum atomic E-state index is 12.7. The second-order valence-electron chi connectivity index (χ2n) is 6.74. The summed E-state index contributed by atoms with van der Waals surface area (Å²) in [6.45, 7) is 3.66. The summed E-state index contributed by atoms with van der Waals surface area (Å²) >= 11 is 0. The molecule has 2 aromatic rings. The lowest BCUT2D eigenvalue weighted by Gasteiger charge is -2.22. The number of carboxylic acid groups (broad SMARTS) is 1. The van der Waals surface area contributed by atoms with E-state index >= 15 is 0 Å². The third kappa shape index (κ3) is 6.53. The number of hydrogen-bond acceptors (Lipinski definition) is 6. The first-order chi connectivity index (χ1) is 13.8. The van der Waals surface area contributed by atoms with Crippen molar-refractivity contribution in [2.75, 3.05) is 7.11 Å². The summed E-state index contributed by atoms with van der Waals surface area (Å²) in [5.41, 5.74) is 0.469. The van der Waals surface area contributed by atoms with Gasteiger partial charge in [-0.3, -0.25) is 9.59 Å². The molecule has 1 heterocycles. The van der Waals surface area contributed by atoms with Crippen molar-refractivity contribution in [3.8, 4) is 5.75 Å². The number of rotatable bonds is 9. The number of hydrogen-bond donors (Lipinski definition) is 2. The van der Waals surface area contributed by atoms with Crippen LogP contribution in [0.15, 0.2) is 52.8 Å². The van der Waals surface area contributed by atoms with Crippen LogP contribution in [0.3, 0.4) is 0 Å². The summed E-state index contributed by atoms with van der Waals surface area (Å²) in [7, 11) is 1.53. The van der Waals surface area contributed by atoms with E-state index < -0.39 is 23.8 Å². The second kappa shape index (κ2) is 10.1. The molecule has 0 saturated heterocycles. The summed E-state index contributed by atoms with van der Waals surface area (Å²) in [6.07, 6.45) is 2.95. The first kappa shape index (κ1) is 21.7. The molecule has 0 aliphatic carbocycles. The molecule has 2 rings (SSSR count). The van der Waals surface area contributed by atoms with Crippen molar-refractivity contribution in [3.05, 3.63) is 59.7 Å². The SMILES string of the molecule is COc1ccc(/C=C(/NC(=O)c2ccco2)C(=O)N[C@H](CC(C)C)C(=O)[O-])cc1. The van der Waals surface area contributed by atoms with E-state index in [0.717, 1.165) is 0 Å². The smallest absolute Gasteiger partial charge is 0.291 e. The molecule has 0 aliphatic heterocycles. The van der Waals surface area contributed by atoms with Crippen LogP contribution in [0.5, 0.6) is 5.75 Å². The van der Waals surface area contributed by atoms with Gasteiger partial charge in [0.25, 0.3) is 11.8 Å². The van der Waals surface area contributed by atoms with E-state index in [-0.39, 0.29) is 23.8 Å². The molecular formula is C21H23N2O6-. The Hall–Kier alpha value is -3.55. The van der Waals surface area contributed by atoms with Gasteiger partial charge in [0.05, 0.1) is 25.4 Å². The van der Waals surface area contributed by atoms with Crippen LogP contribution in [0.2, 0.25) is 0 Å². The quantitative estimate of drug-likeness (QED) is 0.614. The minimum absolute atomic E-state index is 0.0112. The molecule has 0 spiro atoms. The highest BCUT2D eigenvalue weighted by Gasteiger charge is 2.21. The van der Waals surface area contributed by atoms with E-state index in [4.69, 9.17) is 9.15 Å². The Balaban J connectivity index is 2.28. The molecule has 1 aromatic carbocycles. The van der Waals surface area contributed by atoms with Crippen molar-refractivity contribution in [1.29, 1.82) is 0 Å². The zero-order valence-electron chi connectivity index (χ0n) is 16.4. The highest BCUT2D eigenvalue weighted by atomic mass is 16.5. The summed E-state index contributed by atoms with van der Waals surface area (Å²) < 4.78 is 10.1. The maximum absolute atomic E-state index is 12.7. The molecule has 8 nitrogen and oxygen atoms in total. The average molecular weight is 399 g/mol. The van der Waals surface area contributed by atoms with Crippen LogP contribution in [0.1, 0.15) is 36.4 Å². The number of aliphatic carboxylic acids is 1. The van der Waals surface area contributed by atoms with E-state index in [9.17, 15) is 19.5 Å². The fourth-order valence-corrected chi connectivity index (χ4v) is 2.54. The number of methoxy groups -OCH3 is 1. The lowest BCUT2D eigenvalue weighted by Crippen LogP contribution is -2.50. The number of carboxylic acids is 1. The van der Waals surface area contributed by atoms with Crippen molar-refractivity contribution >= 4 is 23.9 Å². The van der Waals surface area contributed by atoms with Crippen LogP contribution >= 0.6 is 0 Å². The van der Waals surface area contributed by atoms with Crippen molar-refractivity contribution in [1.82, 2.24) is 10.6 Å². The fraction of sp³-hybridized carbons (Fsp3) is 0.286. The van der Waals surface area contributed by atoms with Gasteiger partial charge >= 0.3 is 0 Å². The van der Waals surface area contributed by atoms with Gasteiger partial charge in [-0.25, -0.2) is 0 Å². The van der Waals surface area contributed by atoms with Crippen LogP contribution in [0.4, 0.5) is 0 Å². The number of ether oxygens (including phenoxy) is 1. The third-order valence-electron chi connectivity index (χ3n) is 3.96. The lowest BCUT2D eigenvalue weighted by atomic mass is 10.0. The molecule has 2 N–H and O–H groups in total. The molecule has 0 fully saturated rings. The molecule has 154 valence electrons. The van der Waals surface area contributed by atoms with E-state index in [0.29, 0.717) is 11.3 Å². The van der Waals surface area contributed by atoms with Gasteiger partial charge in [-0.2, -0.15) is 0 Å². The Kier molecular flexibility index (Phi) is 7.59. The molecule has 0 bridgehead atoms. The Morgan fingerprint density at radius 3 is 2.38 bits per heavy atom. The molecule has 29 heavy (non-hydrogen) atoms. The zero-order valence-corrected chi connectivity index (χ0v) is 16.4. The van der Waals surface area contributed by atoms with Crippen molar-refractivity contribution < 1.29 is 28.6 Å². The van der Waals surface area contributed by atoms with Gasteiger partial charge in [0.1, 0.15) is 11.4 Å². The van der Waals surface area contributed by atoms with Gasteiger partial charge in [-0.05, 0) is 48.2 Å². The number of amides is 2. The first-order valence-corrected chi connectivity index (χ1v) is 9.02. The Labute approximate surface area is 168 Å². The van der Waals surface area contributed by atoms with Gasteiger partial charge in [0, 0.05) is 0 Å². The monoisotopic (exact) mass is 399 g/mol. The molecule has 1 aromatic heterocycles. The second-order valence-corrected chi connectivity index (χ2v) is 6.74. The molecule has 0 saturated carbocycles. The minimum Gasteiger partial charge on any atom is -0.548 e. The van der Waals surface area contributed by atoms with Crippen LogP contribution in [-0.4, -0.2) is 30.9 Å². The van der Waals surface area contributed by atoms with E-state index in [1.165, 1.54) is 31.6 Å². The van der Waals surface area contributed by atoms with Gasteiger partial charge < -0.3 is 29.7 Å². The highest BCUT2D eigenvalue weighted by molar-refractivity contribution is 6.05. The Morgan fingerprint density at radius 1 is 1.17 bits per heavy atom. The first-order valence-electron chi connectivity index (χ1n) is 9.02. The lowest BCUT2D eigenvalue weighted by molar-refractivity contribution is -0.308. The van der Waals surface area contributed by atoms with E-state index in [2.05, 4.69) is 10.6 Å². The predicted molar refractivity (Wildman–Crippen MR) is 104 cm³/mol. The molecule has 0 aliphatic rings. The van der Waals surface area contributed by atoms with Crippen molar-refractivity contribution in [2.45, 2.75) is 26.3 Å². The Bertz CT molecular complexity index is 869. The van der Waals surface area contributed by atoms with Crippen LogP contribution in [0.25, 0.3) is 6.08 Å². The summed E-state index contributed by atoms with van der Waals surface area (Å²) in [5, 5.41) is 16.2. The number of carbonyl (C=O) groups excluding carboxylic acids is 3. The van der Waals surface area contributed by atoms with E-state index in [1.54, 1.807) is 24.3 Å². The van der Waals surface area contributed by atoms with Gasteiger partial charge in [-0.1, -0.05) is 26.0 Å². The number of nitrogens with one attached hydrogen (secondary N) is 2. The van der Waals surface area contributed by atoms with Gasteiger partial charge in [0.15, 0.2) is 5.76 Å². The van der Waals surface area contributed by atoms with Gasteiger partial charge in [-0.15, -0.1) is 0 Å². The molecular weight excluding hydrogens is 376 g/mol. The topological polar surface area (TPSA) is 121 Å². The Morgan fingerprint density at radius 2 is 1.86 bits per heavy atom. The minimum atomic E-state index is -1.40. The van der Waals surface area contributed by atoms with Crippen LogP contribution in [-0.2, 0) is 9.59 Å². The predicted octanol–water partition coefficient (Wildman–Crippen LogP) is 1.34. The number of carbonyl (C=O) groups is 3. The summed E-state index contributed by atoms with van der Waals surface area (Å²) in [6, 6.07) is 8.56. The molecule has 2 amide bonds. The summed E-state index contributed by atoms with van der Waals surface area (Å²) in [5.74, 6) is -2.13. The van der Waals surface area contributed by atoms with Crippen molar-refractivity contribution in [3.63, 3.8) is 0 Å². The average Bonchev–Trinajstić information content (AvgIpc) is 3.22. The molecule has 8 heteroatoms. The molecule has 1 atom stereocenters. The zero-order chi connectivity index (χ0) is 21.4. The highest BCUT2D eigenvalue weighted by Crippen LogP contribution is 2.14. The van der Waals surface area contributed by atoms with E-state index in [1.807, 2.05) is 13.8 Å². The van der Waals surface area contributed by atoms with Crippen LogP contribution < -0.4 is 20.5 Å². The fourth-order valence-electron chi connectivity index (χ4n) is 2.54. The number of furan rings is 1. The van der Waals surface area contributed by atoms with Crippen molar-refractivity contribution in [2.24, 2.45) is 5.92 Å².